The van der Waals surface area contributed by atoms with Crippen LogP contribution in [0.3, 0.4) is 0 Å². The van der Waals surface area contributed by atoms with Gasteiger partial charge in [-0.25, -0.2) is 24.1 Å². The van der Waals surface area contributed by atoms with Crippen molar-refractivity contribution in [3.8, 4) is 0 Å². The molecule has 0 bridgehead atoms. The van der Waals surface area contributed by atoms with Crippen molar-refractivity contribution in [3.63, 3.8) is 0 Å². The van der Waals surface area contributed by atoms with Gasteiger partial charge < -0.3 is 15.5 Å². The third kappa shape index (κ3) is 3.72. The van der Waals surface area contributed by atoms with Gasteiger partial charge in [-0.1, -0.05) is 23.7 Å². The number of piperazine rings is 1. The van der Waals surface area contributed by atoms with E-state index in [1.54, 1.807) is 32.8 Å². The van der Waals surface area contributed by atoms with E-state index in [-0.39, 0.29) is 17.9 Å². The fourth-order valence-electron chi connectivity index (χ4n) is 5.18. The monoisotopic (exact) mass is 471 g/mol. The lowest BCUT2D eigenvalue weighted by atomic mass is 9.92. The molecule has 3 aliphatic heterocycles. The molecule has 2 atom stereocenters. The Bertz CT molecular complexity index is 1090. The lowest BCUT2D eigenvalue weighted by Crippen LogP contribution is -2.56. The molecule has 33 heavy (non-hydrogen) atoms. The first kappa shape index (κ1) is 21.7. The molecule has 0 aliphatic carbocycles. The number of amides is 4. The Labute approximate surface area is 196 Å². The van der Waals surface area contributed by atoms with Crippen LogP contribution in [0.1, 0.15) is 29.5 Å². The zero-order chi connectivity index (χ0) is 23.3. The molecule has 1 aromatic heterocycles. The fraction of sp³-hybridized carbons (Fsp3) is 0.455. The van der Waals surface area contributed by atoms with Crippen LogP contribution in [-0.4, -0.2) is 80.1 Å². The van der Waals surface area contributed by atoms with Crippen LogP contribution in [0.2, 0.25) is 5.02 Å². The number of nitrogens with zero attached hydrogens (tertiary/aromatic N) is 6. The molecule has 5 rings (SSSR count). The number of nitrogens with two attached hydrogens (primary N) is 1. The van der Waals surface area contributed by atoms with Crippen LogP contribution in [0.25, 0.3) is 0 Å². The molecule has 2 N–H and O–H groups in total. The SMILES string of the molecule is Cc1ncc2n1C(=O)N(N1CCN(C(=O)C3CCN(C(N)=O)C3c3ccc(Cl)cc3)CC1)C2. The van der Waals surface area contributed by atoms with Crippen molar-refractivity contribution in [3.05, 3.63) is 52.6 Å². The molecule has 4 amide bonds. The average Bonchev–Trinajstić information content (AvgIpc) is 3.50. The Hall–Kier alpha value is -3.11. The second-order valence-electron chi connectivity index (χ2n) is 8.67. The number of hydrazine groups is 1. The molecular weight excluding hydrogens is 446 g/mol. The highest BCUT2D eigenvalue weighted by atomic mass is 35.5. The van der Waals surface area contributed by atoms with Gasteiger partial charge in [0.25, 0.3) is 0 Å². The number of fused-ring (bicyclic) bond motifs is 1. The quantitative estimate of drug-likeness (QED) is 0.734. The summed E-state index contributed by atoms with van der Waals surface area (Å²) in [6.45, 7) is 4.88. The smallest absolute Gasteiger partial charge is 0.344 e. The number of hydrogen-bond donors (Lipinski definition) is 1. The minimum absolute atomic E-state index is 0.0115. The van der Waals surface area contributed by atoms with Crippen LogP contribution < -0.4 is 5.73 Å². The van der Waals surface area contributed by atoms with E-state index in [0.29, 0.717) is 56.5 Å². The van der Waals surface area contributed by atoms with Crippen LogP contribution in [0.5, 0.6) is 0 Å². The first-order valence-electron chi connectivity index (χ1n) is 11.1. The number of carbonyl (C=O) groups excluding carboxylic acids is 3. The second kappa shape index (κ2) is 8.35. The largest absolute Gasteiger partial charge is 0.351 e. The summed E-state index contributed by atoms with van der Waals surface area (Å²) < 4.78 is 1.63. The summed E-state index contributed by atoms with van der Waals surface area (Å²) >= 11 is 6.03. The van der Waals surface area contributed by atoms with E-state index in [4.69, 9.17) is 17.3 Å². The van der Waals surface area contributed by atoms with Gasteiger partial charge in [-0.05, 0) is 31.0 Å². The highest BCUT2D eigenvalue weighted by molar-refractivity contribution is 6.30. The molecular formula is C22H26ClN7O3. The predicted molar refractivity (Wildman–Crippen MR) is 120 cm³/mol. The number of likely N-dealkylation sites (tertiary alicyclic amines) is 1. The van der Waals surface area contributed by atoms with Crippen molar-refractivity contribution in [2.75, 3.05) is 32.7 Å². The van der Waals surface area contributed by atoms with Gasteiger partial charge in [0.05, 0.1) is 30.4 Å². The third-order valence-electron chi connectivity index (χ3n) is 6.85. The summed E-state index contributed by atoms with van der Waals surface area (Å²) in [5.74, 6) is 0.324. The molecule has 2 fully saturated rings. The van der Waals surface area contributed by atoms with E-state index in [1.165, 1.54) is 0 Å². The van der Waals surface area contributed by atoms with Gasteiger partial charge in [0.1, 0.15) is 5.82 Å². The van der Waals surface area contributed by atoms with Crippen LogP contribution >= 0.6 is 11.6 Å². The van der Waals surface area contributed by atoms with Crippen LogP contribution in [0.4, 0.5) is 9.59 Å². The number of hydrogen-bond acceptors (Lipinski definition) is 5. The normalized spacial score (nSPS) is 23.3. The predicted octanol–water partition coefficient (Wildman–Crippen LogP) is 1.83. The van der Waals surface area contributed by atoms with Crippen LogP contribution in [-0.2, 0) is 11.3 Å². The number of benzene rings is 1. The molecule has 2 aromatic rings. The van der Waals surface area contributed by atoms with E-state index >= 15 is 0 Å². The summed E-state index contributed by atoms with van der Waals surface area (Å²) in [4.78, 5) is 46.0. The molecule has 10 nitrogen and oxygen atoms in total. The minimum atomic E-state index is -0.531. The maximum absolute atomic E-state index is 13.5. The summed E-state index contributed by atoms with van der Waals surface area (Å²) in [6.07, 6.45) is 2.29. The van der Waals surface area contributed by atoms with Gasteiger partial charge in [-0.2, -0.15) is 0 Å². The van der Waals surface area contributed by atoms with Gasteiger partial charge in [-0.15, -0.1) is 0 Å². The van der Waals surface area contributed by atoms with Crippen molar-refractivity contribution in [2.45, 2.75) is 25.9 Å². The molecule has 0 radical (unpaired) electrons. The maximum atomic E-state index is 13.5. The molecule has 3 aliphatic rings. The summed E-state index contributed by atoms with van der Waals surface area (Å²) in [7, 11) is 0. The molecule has 0 saturated carbocycles. The Kier molecular flexibility index (Phi) is 5.49. The number of carbonyl (C=O) groups is 3. The zero-order valence-electron chi connectivity index (χ0n) is 18.4. The molecule has 2 saturated heterocycles. The number of aromatic nitrogens is 2. The van der Waals surface area contributed by atoms with Crippen LogP contribution in [0.15, 0.2) is 30.5 Å². The minimum Gasteiger partial charge on any atom is -0.351 e. The van der Waals surface area contributed by atoms with E-state index in [1.807, 2.05) is 29.0 Å². The van der Waals surface area contributed by atoms with Crippen molar-refractivity contribution in [2.24, 2.45) is 11.7 Å². The van der Waals surface area contributed by atoms with E-state index in [0.717, 1.165) is 11.3 Å². The van der Waals surface area contributed by atoms with Gasteiger partial charge in [0.15, 0.2) is 0 Å². The van der Waals surface area contributed by atoms with Crippen molar-refractivity contribution < 1.29 is 14.4 Å². The summed E-state index contributed by atoms with van der Waals surface area (Å²) in [5, 5.41) is 4.32. The summed E-state index contributed by atoms with van der Waals surface area (Å²) in [6, 6.07) is 6.16. The highest BCUT2D eigenvalue weighted by Crippen LogP contribution is 2.39. The molecule has 2 unspecified atom stereocenters. The Morgan fingerprint density at radius 3 is 2.42 bits per heavy atom. The molecule has 0 spiro atoms. The Morgan fingerprint density at radius 2 is 1.79 bits per heavy atom. The Morgan fingerprint density at radius 1 is 1.09 bits per heavy atom. The third-order valence-corrected chi connectivity index (χ3v) is 7.11. The molecule has 174 valence electrons. The first-order chi connectivity index (χ1) is 15.8. The highest BCUT2D eigenvalue weighted by Gasteiger charge is 2.44. The lowest BCUT2D eigenvalue weighted by molar-refractivity contribution is -0.140. The van der Waals surface area contributed by atoms with E-state index < -0.39 is 12.1 Å². The zero-order valence-corrected chi connectivity index (χ0v) is 19.1. The number of urea groups is 1. The first-order valence-corrected chi connectivity index (χ1v) is 11.4. The lowest BCUT2D eigenvalue weighted by Gasteiger charge is -2.40. The van der Waals surface area contributed by atoms with Crippen molar-refractivity contribution in [1.82, 2.24) is 29.4 Å². The molecule has 11 heteroatoms. The number of aryl methyl sites for hydroxylation is 1. The summed E-state index contributed by atoms with van der Waals surface area (Å²) in [5.41, 5.74) is 7.34. The number of imidazole rings is 1. The van der Waals surface area contributed by atoms with E-state index in [9.17, 15) is 14.4 Å². The average molecular weight is 472 g/mol. The van der Waals surface area contributed by atoms with Gasteiger partial charge >= 0.3 is 12.1 Å². The molecule has 4 heterocycles. The van der Waals surface area contributed by atoms with Gasteiger partial charge in [0, 0.05) is 37.7 Å². The number of halogens is 1. The van der Waals surface area contributed by atoms with Gasteiger partial charge in [-0.3, -0.25) is 9.80 Å². The standard InChI is InChI=1S/C22H26ClN7O3/c1-14-25-12-17-13-29(22(33)30(14)17)27-10-8-26(9-11-27)20(31)18-6-7-28(21(24)32)19(18)15-2-4-16(23)5-3-15/h2-5,12,18-19H,6-11,13H2,1H3,(H2,24,32). The fourth-order valence-corrected chi connectivity index (χ4v) is 5.31. The Balaban J connectivity index is 1.27. The topological polar surface area (TPSA) is 108 Å². The second-order valence-corrected chi connectivity index (χ2v) is 9.11. The van der Waals surface area contributed by atoms with Crippen LogP contribution in [0, 0.1) is 12.8 Å². The number of primary amides is 1. The maximum Gasteiger partial charge on any atom is 0.344 e. The van der Waals surface area contributed by atoms with E-state index in [2.05, 4.69) is 4.98 Å². The molecule has 1 aromatic carbocycles. The number of rotatable bonds is 3. The van der Waals surface area contributed by atoms with Crippen molar-refractivity contribution in [1.29, 1.82) is 0 Å². The van der Waals surface area contributed by atoms with Gasteiger partial charge in [0.2, 0.25) is 5.91 Å². The van der Waals surface area contributed by atoms with Crippen molar-refractivity contribution >= 4 is 29.6 Å².